The zero-order valence-corrected chi connectivity index (χ0v) is 11.3. The lowest BCUT2D eigenvalue weighted by Gasteiger charge is -2.44. The summed E-state index contributed by atoms with van der Waals surface area (Å²) in [5.41, 5.74) is -0.286. The van der Waals surface area contributed by atoms with Crippen LogP contribution in [0, 0.1) is 5.92 Å². The van der Waals surface area contributed by atoms with Gasteiger partial charge in [-0.05, 0) is 5.56 Å². The summed E-state index contributed by atoms with van der Waals surface area (Å²) in [5, 5.41) is 2.54. The Kier molecular flexibility index (Phi) is 3.37. The summed E-state index contributed by atoms with van der Waals surface area (Å²) in [5.74, 6) is -1.95. The van der Waals surface area contributed by atoms with E-state index in [0.29, 0.717) is 0 Å². The van der Waals surface area contributed by atoms with Crippen molar-refractivity contribution in [1.82, 2.24) is 5.32 Å². The molecule has 1 N–H and O–H groups in total. The lowest BCUT2D eigenvalue weighted by Crippen LogP contribution is -2.69. The van der Waals surface area contributed by atoms with E-state index in [2.05, 4.69) is 5.32 Å². The van der Waals surface area contributed by atoms with Crippen molar-refractivity contribution in [2.75, 3.05) is 6.54 Å². The average molecular weight is 289 g/mol. The molecule has 2 fully saturated rings. The normalized spacial score (nSPS) is 27.5. The lowest BCUT2D eigenvalue weighted by atomic mass is 9.81. The van der Waals surface area contributed by atoms with Gasteiger partial charge in [0.25, 0.3) is 5.91 Å². The number of rotatable bonds is 3. The summed E-state index contributed by atoms with van der Waals surface area (Å²) in [6.07, 6.45) is 0.154. The van der Waals surface area contributed by atoms with Crippen molar-refractivity contribution in [3.63, 3.8) is 0 Å². The van der Waals surface area contributed by atoms with Crippen LogP contribution in [0.15, 0.2) is 30.3 Å². The molecule has 0 radical (unpaired) electrons. The van der Waals surface area contributed by atoms with Crippen LogP contribution in [-0.4, -0.2) is 30.0 Å². The van der Waals surface area contributed by atoms with Gasteiger partial charge in [0.2, 0.25) is 5.60 Å². The molecule has 0 aliphatic carbocycles. The first-order valence-corrected chi connectivity index (χ1v) is 6.80. The first-order chi connectivity index (χ1) is 10.1. The van der Waals surface area contributed by atoms with Gasteiger partial charge in [0.1, 0.15) is 6.61 Å². The van der Waals surface area contributed by atoms with Crippen LogP contribution >= 0.6 is 0 Å². The predicted octanol–water partition coefficient (Wildman–Crippen LogP) is 0.552. The number of amides is 1. The fraction of sp³-hybridized carbons (Fsp3) is 0.400. The van der Waals surface area contributed by atoms with Gasteiger partial charge in [-0.15, -0.1) is 0 Å². The van der Waals surface area contributed by atoms with Crippen molar-refractivity contribution in [2.24, 2.45) is 5.92 Å². The summed E-state index contributed by atoms with van der Waals surface area (Å²) in [7, 11) is 0. The molecule has 0 saturated carbocycles. The third kappa shape index (κ3) is 2.61. The molecule has 0 bridgehead atoms. The number of benzene rings is 1. The van der Waals surface area contributed by atoms with Crippen molar-refractivity contribution in [2.45, 2.75) is 25.0 Å². The molecule has 2 aliphatic rings. The maximum atomic E-state index is 12.1. The van der Waals surface area contributed by atoms with E-state index in [9.17, 15) is 14.4 Å². The lowest BCUT2D eigenvalue weighted by molar-refractivity contribution is -0.192. The Morgan fingerprint density at radius 3 is 2.71 bits per heavy atom. The molecule has 0 unspecified atom stereocenters. The zero-order valence-electron chi connectivity index (χ0n) is 11.3. The van der Waals surface area contributed by atoms with E-state index in [4.69, 9.17) is 9.47 Å². The van der Waals surface area contributed by atoms with Crippen LogP contribution in [0.4, 0.5) is 0 Å². The van der Waals surface area contributed by atoms with E-state index >= 15 is 0 Å². The summed E-state index contributed by atoms with van der Waals surface area (Å²) in [6.45, 7) is 0.421. The monoisotopic (exact) mass is 289 g/mol. The minimum atomic E-state index is -1.16. The van der Waals surface area contributed by atoms with E-state index in [1.165, 1.54) is 0 Å². The van der Waals surface area contributed by atoms with Gasteiger partial charge in [-0.1, -0.05) is 30.3 Å². The molecular weight excluding hydrogens is 274 g/mol. The number of hydrogen-bond acceptors (Lipinski definition) is 5. The van der Waals surface area contributed by atoms with Crippen LogP contribution in [0.25, 0.3) is 0 Å². The number of carbonyl (C=O) groups excluding carboxylic acids is 3. The molecule has 6 heteroatoms. The summed E-state index contributed by atoms with van der Waals surface area (Å²) >= 11 is 0. The Balaban J connectivity index is 1.61. The first kappa shape index (κ1) is 13.6. The standard InChI is InChI=1S/C15H15NO5/c17-12-6-11(7-15(21-12)9-16-14(15)19)13(18)20-8-10-4-2-1-3-5-10/h1-5,11H,6-9H2,(H,16,19)/t11-,15+/m0/s1. The van der Waals surface area contributed by atoms with Gasteiger partial charge in [-0.2, -0.15) is 0 Å². The highest BCUT2D eigenvalue weighted by Gasteiger charge is 2.55. The van der Waals surface area contributed by atoms with Gasteiger partial charge in [0, 0.05) is 6.42 Å². The summed E-state index contributed by atoms with van der Waals surface area (Å²) < 4.78 is 10.3. The van der Waals surface area contributed by atoms with Gasteiger partial charge >= 0.3 is 11.9 Å². The molecule has 1 aromatic rings. The molecule has 3 rings (SSSR count). The average Bonchev–Trinajstić information content (AvgIpc) is 2.51. The largest absolute Gasteiger partial charge is 0.461 e. The van der Waals surface area contributed by atoms with E-state index in [1.54, 1.807) is 0 Å². The number of nitrogens with one attached hydrogen (secondary N) is 1. The molecule has 1 aromatic carbocycles. The van der Waals surface area contributed by atoms with E-state index in [0.717, 1.165) is 5.56 Å². The topological polar surface area (TPSA) is 81.7 Å². The van der Waals surface area contributed by atoms with Crippen LogP contribution in [0.5, 0.6) is 0 Å². The second-order valence-electron chi connectivity index (χ2n) is 5.35. The molecule has 6 nitrogen and oxygen atoms in total. The van der Waals surface area contributed by atoms with Crippen LogP contribution in [0.2, 0.25) is 0 Å². The molecule has 1 amide bonds. The molecule has 2 atom stereocenters. The highest BCUT2D eigenvalue weighted by molar-refractivity contribution is 5.96. The SMILES string of the molecule is O=C1C[C@H](C(=O)OCc2ccccc2)C[C@]2(CNC2=O)O1. The van der Waals surface area contributed by atoms with Crippen molar-refractivity contribution in [3.05, 3.63) is 35.9 Å². The Hall–Kier alpha value is -2.37. The number of β-lactam (4-membered cyclic amide) rings is 1. The highest BCUT2D eigenvalue weighted by Crippen LogP contribution is 2.34. The predicted molar refractivity (Wildman–Crippen MR) is 70.8 cm³/mol. The number of esters is 2. The zero-order chi connectivity index (χ0) is 14.9. The Labute approximate surface area is 121 Å². The minimum absolute atomic E-state index is 0.0390. The Morgan fingerprint density at radius 1 is 1.33 bits per heavy atom. The molecule has 2 saturated heterocycles. The minimum Gasteiger partial charge on any atom is -0.461 e. The second kappa shape index (κ2) is 5.20. The van der Waals surface area contributed by atoms with Gasteiger partial charge in [0.05, 0.1) is 18.9 Å². The quantitative estimate of drug-likeness (QED) is 0.649. The van der Waals surface area contributed by atoms with Crippen LogP contribution in [0.1, 0.15) is 18.4 Å². The molecular formula is C15H15NO5. The van der Waals surface area contributed by atoms with Gasteiger partial charge in [-0.3, -0.25) is 14.4 Å². The van der Waals surface area contributed by atoms with E-state index in [1.807, 2.05) is 30.3 Å². The number of hydrogen-bond donors (Lipinski definition) is 1. The third-order valence-electron chi connectivity index (χ3n) is 3.80. The molecule has 2 aliphatic heterocycles. The summed E-state index contributed by atoms with van der Waals surface area (Å²) in [6, 6.07) is 9.29. The van der Waals surface area contributed by atoms with E-state index in [-0.39, 0.29) is 31.9 Å². The van der Waals surface area contributed by atoms with Crippen molar-refractivity contribution in [1.29, 1.82) is 0 Å². The molecule has 21 heavy (non-hydrogen) atoms. The van der Waals surface area contributed by atoms with Crippen molar-refractivity contribution < 1.29 is 23.9 Å². The smallest absolute Gasteiger partial charge is 0.310 e. The third-order valence-corrected chi connectivity index (χ3v) is 3.80. The maximum Gasteiger partial charge on any atom is 0.310 e. The van der Waals surface area contributed by atoms with Gasteiger partial charge < -0.3 is 14.8 Å². The van der Waals surface area contributed by atoms with Crippen LogP contribution in [0.3, 0.4) is 0 Å². The van der Waals surface area contributed by atoms with Crippen LogP contribution < -0.4 is 5.32 Å². The van der Waals surface area contributed by atoms with Crippen LogP contribution in [-0.2, 0) is 30.5 Å². The maximum absolute atomic E-state index is 12.1. The second-order valence-corrected chi connectivity index (χ2v) is 5.35. The fourth-order valence-corrected chi connectivity index (χ4v) is 2.59. The molecule has 2 heterocycles. The highest BCUT2D eigenvalue weighted by atomic mass is 16.6. The summed E-state index contributed by atoms with van der Waals surface area (Å²) in [4.78, 5) is 35.2. The van der Waals surface area contributed by atoms with E-state index < -0.39 is 23.5 Å². The van der Waals surface area contributed by atoms with Crippen molar-refractivity contribution >= 4 is 17.8 Å². The molecule has 110 valence electrons. The Bertz CT molecular complexity index is 585. The Morgan fingerprint density at radius 2 is 2.10 bits per heavy atom. The van der Waals surface area contributed by atoms with Gasteiger partial charge in [0.15, 0.2) is 0 Å². The fourth-order valence-electron chi connectivity index (χ4n) is 2.59. The first-order valence-electron chi connectivity index (χ1n) is 6.80. The number of carbonyl (C=O) groups is 3. The molecule has 0 aromatic heterocycles. The number of ether oxygens (including phenoxy) is 2. The van der Waals surface area contributed by atoms with Gasteiger partial charge in [-0.25, -0.2) is 0 Å². The molecule has 1 spiro atoms. The van der Waals surface area contributed by atoms with Crippen molar-refractivity contribution in [3.8, 4) is 0 Å².